The maximum absolute atomic E-state index is 12.7. The first-order valence-corrected chi connectivity index (χ1v) is 10.0. The number of urea groups is 1. The van der Waals surface area contributed by atoms with Gasteiger partial charge in [-0.3, -0.25) is 0 Å². The third-order valence-corrected chi connectivity index (χ3v) is 4.91. The molecule has 1 aromatic carbocycles. The number of piperazine rings is 1. The number of ether oxygens (including phenoxy) is 1. The second-order valence-corrected chi connectivity index (χ2v) is 6.97. The summed E-state index contributed by atoms with van der Waals surface area (Å²) in [7, 11) is 0. The fourth-order valence-electron chi connectivity index (χ4n) is 3.36. The van der Waals surface area contributed by atoms with Crippen molar-refractivity contribution in [2.75, 3.05) is 43.0 Å². The Balaban J connectivity index is 1.38. The fourth-order valence-corrected chi connectivity index (χ4v) is 3.36. The number of carbonyl (C=O) groups excluding carboxylic acids is 1. The molecule has 0 unspecified atom stereocenters. The van der Waals surface area contributed by atoms with E-state index in [2.05, 4.69) is 25.3 Å². The van der Waals surface area contributed by atoms with Gasteiger partial charge in [0.15, 0.2) is 5.82 Å². The van der Waals surface area contributed by atoms with Crippen LogP contribution in [-0.2, 0) is 0 Å². The highest BCUT2D eigenvalue weighted by Gasteiger charge is 2.23. The minimum Gasteiger partial charge on any atom is -0.492 e. The summed E-state index contributed by atoms with van der Waals surface area (Å²) in [5, 5.41) is 7.36. The molecule has 30 heavy (non-hydrogen) atoms. The van der Waals surface area contributed by atoms with Crippen molar-refractivity contribution in [3.8, 4) is 11.6 Å². The van der Waals surface area contributed by atoms with Gasteiger partial charge in [0.05, 0.1) is 18.0 Å². The summed E-state index contributed by atoms with van der Waals surface area (Å²) in [5.74, 6) is 2.23. The highest BCUT2D eigenvalue weighted by atomic mass is 16.5. The molecule has 1 fully saturated rings. The van der Waals surface area contributed by atoms with Crippen LogP contribution in [0.3, 0.4) is 0 Å². The van der Waals surface area contributed by atoms with E-state index in [1.54, 1.807) is 15.9 Å². The quantitative estimate of drug-likeness (QED) is 0.700. The van der Waals surface area contributed by atoms with Crippen molar-refractivity contribution in [1.29, 1.82) is 0 Å². The topological polar surface area (TPSA) is 88.4 Å². The number of benzene rings is 1. The van der Waals surface area contributed by atoms with Crippen molar-refractivity contribution < 1.29 is 9.53 Å². The van der Waals surface area contributed by atoms with Crippen LogP contribution in [-0.4, -0.2) is 63.5 Å². The zero-order valence-corrected chi connectivity index (χ0v) is 17.2. The number of carbonyl (C=O) groups is 1. The number of rotatable bonds is 5. The molecule has 0 aliphatic carbocycles. The van der Waals surface area contributed by atoms with Crippen LogP contribution in [0.1, 0.15) is 12.6 Å². The molecule has 156 valence electrons. The number of anilines is 2. The molecule has 1 aliphatic rings. The van der Waals surface area contributed by atoms with Crippen molar-refractivity contribution >= 4 is 17.5 Å². The lowest BCUT2D eigenvalue weighted by atomic mass is 10.3. The van der Waals surface area contributed by atoms with Gasteiger partial charge in [-0.15, -0.1) is 0 Å². The van der Waals surface area contributed by atoms with E-state index in [1.165, 1.54) is 0 Å². The first-order valence-electron chi connectivity index (χ1n) is 10.0. The molecule has 9 nitrogen and oxygen atoms in total. The predicted octanol–water partition coefficient (Wildman–Crippen LogP) is 2.72. The molecular weight excluding hydrogens is 382 g/mol. The number of aryl methyl sites for hydroxylation is 1. The number of amides is 2. The standard InChI is InChI=1S/C21H25N7O2/c1-3-30-18-7-5-4-6-17(18)24-21(29)27-12-10-26(11-13-27)19-14-20(23-15-22-19)28-9-8-16(2)25-28/h4-9,14-15H,3,10-13H2,1-2H3,(H,24,29). The van der Waals surface area contributed by atoms with Crippen LogP contribution in [0.25, 0.3) is 5.82 Å². The first kappa shape index (κ1) is 19.7. The number of nitrogens with zero attached hydrogens (tertiary/aromatic N) is 6. The summed E-state index contributed by atoms with van der Waals surface area (Å²) >= 11 is 0. The van der Waals surface area contributed by atoms with E-state index in [-0.39, 0.29) is 6.03 Å². The largest absolute Gasteiger partial charge is 0.492 e. The van der Waals surface area contributed by atoms with Gasteiger partial charge >= 0.3 is 6.03 Å². The van der Waals surface area contributed by atoms with Crippen molar-refractivity contribution in [2.24, 2.45) is 0 Å². The molecule has 0 atom stereocenters. The summed E-state index contributed by atoms with van der Waals surface area (Å²) in [6.45, 7) is 6.99. The Hall–Kier alpha value is -3.62. The van der Waals surface area contributed by atoms with Crippen LogP contribution in [0.15, 0.2) is 48.9 Å². The van der Waals surface area contributed by atoms with Gasteiger partial charge in [-0.25, -0.2) is 19.4 Å². The Labute approximate surface area is 175 Å². The number of hydrogen-bond donors (Lipinski definition) is 1. The van der Waals surface area contributed by atoms with E-state index in [1.807, 2.05) is 56.4 Å². The second kappa shape index (κ2) is 8.81. The van der Waals surface area contributed by atoms with Gasteiger partial charge in [0, 0.05) is 38.4 Å². The average molecular weight is 407 g/mol. The predicted molar refractivity (Wildman–Crippen MR) is 114 cm³/mol. The van der Waals surface area contributed by atoms with Gasteiger partial charge in [-0.2, -0.15) is 5.10 Å². The number of nitrogens with one attached hydrogen (secondary N) is 1. The Kier molecular flexibility index (Phi) is 5.78. The molecule has 0 spiro atoms. The molecule has 1 aliphatic heterocycles. The van der Waals surface area contributed by atoms with Gasteiger partial charge in [0.2, 0.25) is 0 Å². The molecule has 1 N–H and O–H groups in total. The Bertz CT molecular complexity index is 1010. The Morgan fingerprint density at radius 3 is 2.60 bits per heavy atom. The lowest BCUT2D eigenvalue weighted by Gasteiger charge is -2.35. The SMILES string of the molecule is CCOc1ccccc1NC(=O)N1CCN(c2cc(-n3ccc(C)n3)ncn2)CC1. The molecule has 0 saturated carbocycles. The zero-order chi connectivity index (χ0) is 20.9. The molecule has 0 radical (unpaired) electrons. The van der Waals surface area contributed by atoms with Crippen LogP contribution in [0.5, 0.6) is 5.75 Å². The first-order chi connectivity index (χ1) is 14.6. The summed E-state index contributed by atoms with van der Waals surface area (Å²) < 4.78 is 7.32. The van der Waals surface area contributed by atoms with Gasteiger partial charge in [-0.05, 0) is 32.0 Å². The maximum atomic E-state index is 12.7. The molecule has 9 heteroatoms. The summed E-state index contributed by atoms with van der Waals surface area (Å²) in [4.78, 5) is 25.4. The van der Waals surface area contributed by atoms with Crippen molar-refractivity contribution in [1.82, 2.24) is 24.6 Å². The Morgan fingerprint density at radius 1 is 1.10 bits per heavy atom. The van der Waals surface area contributed by atoms with Gasteiger partial charge in [-0.1, -0.05) is 12.1 Å². The van der Waals surface area contributed by atoms with E-state index < -0.39 is 0 Å². The van der Waals surface area contributed by atoms with Crippen LogP contribution >= 0.6 is 0 Å². The average Bonchev–Trinajstić information content (AvgIpc) is 3.22. The molecule has 3 aromatic rings. The Morgan fingerprint density at radius 2 is 1.87 bits per heavy atom. The maximum Gasteiger partial charge on any atom is 0.322 e. The van der Waals surface area contributed by atoms with E-state index >= 15 is 0 Å². The molecule has 3 heterocycles. The highest BCUT2D eigenvalue weighted by Crippen LogP contribution is 2.24. The van der Waals surface area contributed by atoms with Gasteiger partial charge < -0.3 is 19.9 Å². The number of aromatic nitrogens is 4. The van der Waals surface area contributed by atoms with E-state index in [9.17, 15) is 4.79 Å². The molecule has 4 rings (SSSR count). The lowest BCUT2D eigenvalue weighted by molar-refractivity contribution is 0.208. The lowest BCUT2D eigenvalue weighted by Crippen LogP contribution is -2.50. The monoisotopic (exact) mass is 407 g/mol. The third-order valence-electron chi connectivity index (χ3n) is 4.91. The van der Waals surface area contributed by atoms with Crippen LogP contribution in [0.2, 0.25) is 0 Å². The van der Waals surface area contributed by atoms with Crippen LogP contribution in [0, 0.1) is 6.92 Å². The van der Waals surface area contributed by atoms with Gasteiger partial charge in [0.25, 0.3) is 0 Å². The van der Waals surface area contributed by atoms with Gasteiger partial charge in [0.1, 0.15) is 17.9 Å². The normalized spacial score (nSPS) is 13.9. The van der Waals surface area contributed by atoms with Crippen LogP contribution < -0.4 is 15.0 Å². The molecule has 2 aromatic heterocycles. The zero-order valence-electron chi connectivity index (χ0n) is 17.2. The van der Waals surface area contributed by atoms with E-state index in [0.29, 0.717) is 44.2 Å². The van der Waals surface area contributed by atoms with Crippen molar-refractivity contribution in [3.05, 3.63) is 54.6 Å². The molecule has 1 saturated heterocycles. The van der Waals surface area contributed by atoms with Crippen molar-refractivity contribution in [2.45, 2.75) is 13.8 Å². The highest BCUT2D eigenvalue weighted by molar-refractivity contribution is 5.91. The number of hydrogen-bond acceptors (Lipinski definition) is 6. The smallest absolute Gasteiger partial charge is 0.322 e. The minimum atomic E-state index is -0.128. The number of para-hydroxylation sites is 2. The summed E-state index contributed by atoms with van der Waals surface area (Å²) in [6, 6.07) is 11.2. The molecule has 0 bridgehead atoms. The molecule has 2 amide bonds. The minimum absolute atomic E-state index is 0.128. The van der Waals surface area contributed by atoms with Crippen molar-refractivity contribution in [3.63, 3.8) is 0 Å². The second-order valence-electron chi connectivity index (χ2n) is 6.97. The molecular formula is C21H25N7O2. The summed E-state index contributed by atoms with van der Waals surface area (Å²) in [5.41, 5.74) is 1.61. The van der Waals surface area contributed by atoms with E-state index in [4.69, 9.17) is 4.74 Å². The third kappa shape index (κ3) is 4.35. The summed E-state index contributed by atoms with van der Waals surface area (Å²) in [6.07, 6.45) is 3.43. The van der Waals surface area contributed by atoms with E-state index in [0.717, 1.165) is 17.3 Å². The fraction of sp³-hybridized carbons (Fsp3) is 0.333. The van der Waals surface area contributed by atoms with Crippen LogP contribution in [0.4, 0.5) is 16.3 Å².